The number of aliphatic hydroxyl groups is 1. The van der Waals surface area contributed by atoms with Gasteiger partial charge < -0.3 is 5.11 Å². The van der Waals surface area contributed by atoms with Crippen molar-refractivity contribution in [2.45, 2.75) is 58.0 Å². The van der Waals surface area contributed by atoms with Crippen molar-refractivity contribution in [3.8, 4) is 11.8 Å². The summed E-state index contributed by atoms with van der Waals surface area (Å²) in [5.74, 6) is 5.40. The Bertz CT molecular complexity index is 212. The number of rotatable bonds is 7. The van der Waals surface area contributed by atoms with Crippen molar-refractivity contribution in [2.75, 3.05) is 0 Å². The molecule has 0 saturated heterocycles. The second-order valence-corrected chi connectivity index (χ2v) is 3.91. The fraction of sp³-hybridized carbons (Fsp3) is 0.692. The molecule has 0 fully saturated rings. The fourth-order valence-corrected chi connectivity index (χ4v) is 1.43. The van der Waals surface area contributed by atoms with Gasteiger partial charge in [0.1, 0.15) is 6.10 Å². The third-order valence-electron chi connectivity index (χ3n) is 2.23. The molecule has 1 nitrogen and oxygen atoms in total. The van der Waals surface area contributed by atoms with E-state index < -0.39 is 6.10 Å². The summed E-state index contributed by atoms with van der Waals surface area (Å²) in [6.45, 7) is 2.21. The molecule has 0 aromatic rings. The molecule has 0 heterocycles. The molecule has 2 heteroatoms. The van der Waals surface area contributed by atoms with Gasteiger partial charge in [0.2, 0.25) is 0 Å². The standard InChI is InChI=1S/C13H21ClO/c1-2-3-4-5-6-7-10-13(15)11-8-9-12-14/h9,12-13,15H,2-7,10H2,1H3/b12-9+. The van der Waals surface area contributed by atoms with E-state index in [1.807, 2.05) is 0 Å². The Kier molecular flexibility index (Phi) is 11.3. The summed E-state index contributed by atoms with van der Waals surface area (Å²) < 4.78 is 0. The summed E-state index contributed by atoms with van der Waals surface area (Å²) in [6.07, 6.45) is 9.25. The van der Waals surface area contributed by atoms with Gasteiger partial charge in [-0.2, -0.15) is 0 Å². The molecule has 0 bridgehead atoms. The van der Waals surface area contributed by atoms with Gasteiger partial charge in [-0.05, 0) is 18.9 Å². The Hall–Kier alpha value is -0.450. The Morgan fingerprint density at radius 2 is 1.87 bits per heavy atom. The van der Waals surface area contributed by atoms with Crippen LogP contribution in [0.4, 0.5) is 0 Å². The zero-order chi connectivity index (χ0) is 11.4. The predicted octanol–water partition coefficient (Wildman–Crippen LogP) is 3.85. The van der Waals surface area contributed by atoms with Crippen molar-refractivity contribution >= 4 is 11.6 Å². The molecular formula is C13H21ClO. The van der Waals surface area contributed by atoms with E-state index >= 15 is 0 Å². The molecular weight excluding hydrogens is 208 g/mol. The topological polar surface area (TPSA) is 20.2 Å². The first-order valence-corrected chi connectivity index (χ1v) is 6.19. The third-order valence-corrected chi connectivity index (χ3v) is 2.35. The van der Waals surface area contributed by atoms with Gasteiger partial charge in [-0.15, -0.1) is 0 Å². The monoisotopic (exact) mass is 228 g/mol. The maximum absolute atomic E-state index is 9.43. The second-order valence-electron chi connectivity index (χ2n) is 3.65. The minimum Gasteiger partial charge on any atom is -0.380 e. The van der Waals surface area contributed by atoms with Gasteiger partial charge in [0.25, 0.3) is 0 Å². The van der Waals surface area contributed by atoms with E-state index in [1.165, 1.54) is 43.7 Å². The van der Waals surface area contributed by atoms with Crippen LogP contribution < -0.4 is 0 Å². The maximum atomic E-state index is 9.43. The van der Waals surface area contributed by atoms with E-state index in [1.54, 1.807) is 0 Å². The normalized spacial score (nSPS) is 12.5. The summed E-state index contributed by atoms with van der Waals surface area (Å²) in [5.41, 5.74) is 1.35. The number of unbranched alkanes of at least 4 members (excludes halogenated alkanes) is 5. The van der Waals surface area contributed by atoms with E-state index in [2.05, 4.69) is 18.8 Å². The molecule has 15 heavy (non-hydrogen) atoms. The number of halogens is 1. The van der Waals surface area contributed by atoms with Crippen LogP contribution >= 0.6 is 11.6 Å². The molecule has 0 aliphatic heterocycles. The maximum Gasteiger partial charge on any atom is 0.115 e. The average Bonchev–Trinajstić information content (AvgIpc) is 2.23. The summed E-state index contributed by atoms with van der Waals surface area (Å²) in [6, 6.07) is 0. The highest BCUT2D eigenvalue weighted by molar-refractivity contribution is 6.25. The van der Waals surface area contributed by atoms with Gasteiger partial charge in [0.15, 0.2) is 0 Å². The lowest BCUT2D eigenvalue weighted by molar-refractivity contribution is 0.217. The largest absolute Gasteiger partial charge is 0.380 e. The smallest absolute Gasteiger partial charge is 0.115 e. The van der Waals surface area contributed by atoms with Crippen LogP contribution in [0.3, 0.4) is 0 Å². The average molecular weight is 229 g/mol. The Balaban J connectivity index is 3.32. The minimum atomic E-state index is -0.496. The lowest BCUT2D eigenvalue weighted by Gasteiger charge is -2.02. The molecule has 1 N–H and O–H groups in total. The molecule has 0 spiro atoms. The first kappa shape index (κ1) is 14.6. The van der Waals surface area contributed by atoms with Crippen molar-refractivity contribution in [1.29, 1.82) is 0 Å². The molecule has 0 aliphatic rings. The molecule has 0 radical (unpaired) electrons. The Morgan fingerprint density at radius 1 is 1.20 bits per heavy atom. The quantitative estimate of drug-likeness (QED) is 0.518. The van der Waals surface area contributed by atoms with Crippen LogP contribution in [0.25, 0.3) is 0 Å². The fourth-order valence-electron chi connectivity index (χ4n) is 1.37. The molecule has 86 valence electrons. The Labute approximate surface area is 98.5 Å². The summed E-state index contributed by atoms with van der Waals surface area (Å²) in [4.78, 5) is 0. The second kappa shape index (κ2) is 11.6. The predicted molar refractivity (Wildman–Crippen MR) is 66.8 cm³/mol. The zero-order valence-electron chi connectivity index (χ0n) is 9.51. The molecule has 0 aromatic heterocycles. The summed E-state index contributed by atoms with van der Waals surface area (Å²) in [7, 11) is 0. The van der Waals surface area contributed by atoms with Crippen LogP contribution in [0.2, 0.25) is 0 Å². The van der Waals surface area contributed by atoms with E-state index in [9.17, 15) is 5.11 Å². The van der Waals surface area contributed by atoms with Gasteiger partial charge in [0.05, 0.1) is 0 Å². The van der Waals surface area contributed by atoms with E-state index in [0.29, 0.717) is 0 Å². The van der Waals surface area contributed by atoms with Gasteiger partial charge >= 0.3 is 0 Å². The van der Waals surface area contributed by atoms with Gasteiger partial charge in [-0.25, -0.2) is 0 Å². The van der Waals surface area contributed by atoms with Crippen molar-refractivity contribution in [1.82, 2.24) is 0 Å². The summed E-state index contributed by atoms with van der Waals surface area (Å²) >= 11 is 5.30. The SMILES string of the molecule is CCCCCCCCC(O)C#C/C=C/Cl. The highest BCUT2D eigenvalue weighted by atomic mass is 35.5. The minimum absolute atomic E-state index is 0.496. The first-order chi connectivity index (χ1) is 7.31. The highest BCUT2D eigenvalue weighted by Gasteiger charge is 1.97. The van der Waals surface area contributed by atoms with Crippen LogP contribution in [0.5, 0.6) is 0 Å². The highest BCUT2D eigenvalue weighted by Crippen LogP contribution is 2.08. The van der Waals surface area contributed by atoms with E-state index in [-0.39, 0.29) is 0 Å². The summed E-state index contributed by atoms with van der Waals surface area (Å²) in [5, 5.41) is 9.43. The van der Waals surface area contributed by atoms with Crippen LogP contribution in [-0.4, -0.2) is 11.2 Å². The van der Waals surface area contributed by atoms with E-state index in [0.717, 1.165) is 12.8 Å². The molecule has 1 unspecified atom stereocenters. The van der Waals surface area contributed by atoms with Gasteiger partial charge in [0, 0.05) is 5.54 Å². The third kappa shape index (κ3) is 11.5. The van der Waals surface area contributed by atoms with Gasteiger partial charge in [-0.3, -0.25) is 0 Å². The molecule has 1 atom stereocenters. The van der Waals surface area contributed by atoms with Crippen molar-refractivity contribution in [3.63, 3.8) is 0 Å². The Morgan fingerprint density at radius 3 is 2.53 bits per heavy atom. The molecule has 0 saturated carbocycles. The zero-order valence-corrected chi connectivity index (χ0v) is 10.3. The van der Waals surface area contributed by atoms with Crippen molar-refractivity contribution < 1.29 is 5.11 Å². The molecule has 0 aromatic carbocycles. The van der Waals surface area contributed by atoms with Crippen molar-refractivity contribution in [2.24, 2.45) is 0 Å². The van der Waals surface area contributed by atoms with E-state index in [4.69, 9.17) is 11.6 Å². The number of hydrogen-bond donors (Lipinski definition) is 1. The lowest BCUT2D eigenvalue weighted by atomic mass is 10.1. The van der Waals surface area contributed by atoms with Crippen LogP contribution in [0.15, 0.2) is 11.6 Å². The van der Waals surface area contributed by atoms with Crippen molar-refractivity contribution in [3.05, 3.63) is 11.6 Å². The van der Waals surface area contributed by atoms with Crippen LogP contribution in [-0.2, 0) is 0 Å². The number of aliphatic hydroxyl groups excluding tert-OH is 1. The lowest BCUT2D eigenvalue weighted by Crippen LogP contribution is -2.01. The van der Waals surface area contributed by atoms with Crippen LogP contribution in [0, 0.1) is 11.8 Å². The molecule has 0 amide bonds. The molecule has 0 rings (SSSR count). The number of allylic oxidation sites excluding steroid dienone is 1. The van der Waals surface area contributed by atoms with Crippen LogP contribution in [0.1, 0.15) is 51.9 Å². The number of hydrogen-bond acceptors (Lipinski definition) is 1. The molecule has 0 aliphatic carbocycles. The first-order valence-electron chi connectivity index (χ1n) is 5.75. The van der Waals surface area contributed by atoms with Gasteiger partial charge in [-0.1, -0.05) is 62.5 Å².